The number of pyridine rings is 1. The number of likely N-dealkylation sites (tertiary alicyclic amines) is 1. The van der Waals surface area contributed by atoms with Crippen molar-refractivity contribution in [2.45, 2.75) is 32.4 Å². The lowest BCUT2D eigenvalue weighted by molar-refractivity contribution is 0.250. The monoisotopic (exact) mass is 381 g/mol. The van der Waals surface area contributed by atoms with Crippen LogP contribution in [0.1, 0.15) is 25.3 Å². The van der Waals surface area contributed by atoms with Crippen LogP contribution in [-0.4, -0.2) is 54.7 Å². The molecule has 0 amide bonds. The van der Waals surface area contributed by atoms with E-state index in [1.807, 2.05) is 12.1 Å². The summed E-state index contributed by atoms with van der Waals surface area (Å²) in [6, 6.07) is 15.0. The molecule has 0 aliphatic carbocycles. The standard InChI is InChI=1S/C22H31N5O/c1-2-24-22(25-13-15-28-21-11-6-12-23-17-21)26-16-20-10-7-14-27(20)18-19-8-4-3-5-9-19/h3-6,8-9,11-12,17,20H,2,7,10,13-16,18H2,1H3,(H2,24,25,26). The number of aromatic nitrogens is 1. The molecule has 1 aliphatic heterocycles. The molecular formula is C22H31N5O. The maximum atomic E-state index is 5.68. The second kappa shape index (κ2) is 11.3. The number of ether oxygens (including phenoxy) is 1. The van der Waals surface area contributed by atoms with Gasteiger partial charge in [0.25, 0.3) is 0 Å². The zero-order chi connectivity index (χ0) is 19.4. The molecule has 1 saturated heterocycles. The van der Waals surface area contributed by atoms with Crippen molar-refractivity contribution in [2.24, 2.45) is 4.99 Å². The zero-order valence-corrected chi connectivity index (χ0v) is 16.7. The molecule has 2 N–H and O–H groups in total. The average molecular weight is 382 g/mol. The highest BCUT2D eigenvalue weighted by Gasteiger charge is 2.24. The molecule has 2 aromatic rings. The minimum absolute atomic E-state index is 0.502. The lowest BCUT2D eigenvalue weighted by atomic mass is 10.2. The summed E-state index contributed by atoms with van der Waals surface area (Å²) in [6.07, 6.45) is 5.92. The first kappa shape index (κ1) is 20.1. The zero-order valence-electron chi connectivity index (χ0n) is 16.7. The van der Waals surface area contributed by atoms with Crippen LogP contribution in [0.5, 0.6) is 5.75 Å². The number of rotatable bonds is 9. The van der Waals surface area contributed by atoms with Gasteiger partial charge in [-0.1, -0.05) is 30.3 Å². The van der Waals surface area contributed by atoms with Crippen LogP contribution in [-0.2, 0) is 6.54 Å². The van der Waals surface area contributed by atoms with Gasteiger partial charge in [-0.25, -0.2) is 0 Å². The van der Waals surface area contributed by atoms with E-state index < -0.39 is 0 Å². The summed E-state index contributed by atoms with van der Waals surface area (Å²) in [5.74, 6) is 1.64. The van der Waals surface area contributed by atoms with Gasteiger partial charge in [-0.15, -0.1) is 0 Å². The number of benzene rings is 1. The van der Waals surface area contributed by atoms with E-state index in [1.54, 1.807) is 12.4 Å². The second-order valence-electron chi connectivity index (χ2n) is 6.94. The molecule has 6 nitrogen and oxygen atoms in total. The molecule has 3 rings (SSSR count). The molecular weight excluding hydrogens is 350 g/mol. The lowest BCUT2D eigenvalue weighted by Crippen LogP contribution is -2.40. The Morgan fingerprint density at radius 3 is 2.89 bits per heavy atom. The van der Waals surface area contributed by atoms with Gasteiger partial charge in [-0.05, 0) is 44.0 Å². The topological polar surface area (TPSA) is 61.8 Å². The van der Waals surface area contributed by atoms with Crippen LogP contribution < -0.4 is 15.4 Å². The Morgan fingerprint density at radius 2 is 2.11 bits per heavy atom. The van der Waals surface area contributed by atoms with Crippen molar-refractivity contribution >= 4 is 5.96 Å². The van der Waals surface area contributed by atoms with E-state index >= 15 is 0 Å². The van der Waals surface area contributed by atoms with Crippen molar-refractivity contribution in [3.05, 3.63) is 60.4 Å². The van der Waals surface area contributed by atoms with Crippen molar-refractivity contribution in [2.75, 3.05) is 32.8 Å². The van der Waals surface area contributed by atoms with Crippen molar-refractivity contribution in [3.8, 4) is 5.75 Å². The number of hydrogen-bond acceptors (Lipinski definition) is 4. The van der Waals surface area contributed by atoms with Gasteiger partial charge in [0.05, 0.1) is 19.3 Å². The van der Waals surface area contributed by atoms with Crippen LogP contribution in [0.4, 0.5) is 0 Å². The van der Waals surface area contributed by atoms with E-state index in [9.17, 15) is 0 Å². The fraction of sp³-hybridized carbons (Fsp3) is 0.455. The first-order chi connectivity index (χ1) is 13.8. The summed E-state index contributed by atoms with van der Waals surface area (Å²) in [6.45, 7) is 7.15. The molecule has 1 unspecified atom stereocenters. The molecule has 1 aromatic carbocycles. The van der Waals surface area contributed by atoms with Crippen molar-refractivity contribution in [3.63, 3.8) is 0 Å². The highest BCUT2D eigenvalue weighted by molar-refractivity contribution is 5.79. The summed E-state index contributed by atoms with van der Waals surface area (Å²) in [7, 11) is 0. The summed E-state index contributed by atoms with van der Waals surface area (Å²) in [5.41, 5.74) is 1.37. The third-order valence-corrected chi connectivity index (χ3v) is 4.83. The predicted molar refractivity (Wildman–Crippen MR) is 114 cm³/mol. The molecule has 28 heavy (non-hydrogen) atoms. The van der Waals surface area contributed by atoms with E-state index in [2.05, 4.69) is 57.8 Å². The molecule has 0 saturated carbocycles. The van der Waals surface area contributed by atoms with Crippen molar-refractivity contribution < 1.29 is 4.74 Å². The molecule has 1 fully saturated rings. The van der Waals surface area contributed by atoms with Crippen LogP contribution >= 0.6 is 0 Å². The smallest absolute Gasteiger partial charge is 0.191 e. The summed E-state index contributed by atoms with van der Waals surface area (Å²) in [5, 5.41) is 6.68. The Bertz CT molecular complexity index is 707. The summed E-state index contributed by atoms with van der Waals surface area (Å²) < 4.78 is 5.68. The van der Waals surface area contributed by atoms with E-state index in [4.69, 9.17) is 9.73 Å². The minimum Gasteiger partial charge on any atom is -0.490 e. The summed E-state index contributed by atoms with van der Waals surface area (Å²) >= 11 is 0. The maximum absolute atomic E-state index is 5.68. The van der Waals surface area contributed by atoms with Crippen LogP contribution in [0.25, 0.3) is 0 Å². The van der Waals surface area contributed by atoms with Crippen molar-refractivity contribution in [1.82, 2.24) is 20.5 Å². The van der Waals surface area contributed by atoms with Gasteiger partial charge in [0, 0.05) is 25.3 Å². The fourth-order valence-corrected chi connectivity index (χ4v) is 3.44. The van der Waals surface area contributed by atoms with Gasteiger partial charge in [0.2, 0.25) is 0 Å². The minimum atomic E-state index is 0.502. The third-order valence-electron chi connectivity index (χ3n) is 4.83. The van der Waals surface area contributed by atoms with Crippen LogP contribution in [0, 0.1) is 0 Å². The number of nitrogens with zero attached hydrogens (tertiary/aromatic N) is 3. The molecule has 1 atom stereocenters. The lowest BCUT2D eigenvalue weighted by Gasteiger charge is -2.23. The average Bonchev–Trinajstić information content (AvgIpc) is 3.17. The molecule has 1 aromatic heterocycles. The van der Waals surface area contributed by atoms with Gasteiger partial charge in [0.15, 0.2) is 5.96 Å². The van der Waals surface area contributed by atoms with Gasteiger partial charge in [-0.3, -0.25) is 14.9 Å². The molecule has 0 spiro atoms. The number of aliphatic imine (C=N–C) groups is 1. The molecule has 0 bridgehead atoms. The van der Waals surface area contributed by atoms with Crippen molar-refractivity contribution in [1.29, 1.82) is 0 Å². The quantitative estimate of drug-likeness (QED) is 0.397. The SMILES string of the molecule is CCNC(=NCC1CCCN1Cc1ccccc1)NCCOc1cccnc1. The van der Waals surface area contributed by atoms with E-state index in [1.165, 1.54) is 18.4 Å². The molecule has 2 heterocycles. The Kier molecular flexibility index (Phi) is 8.12. The van der Waals surface area contributed by atoms with Crippen LogP contribution in [0.15, 0.2) is 59.9 Å². The first-order valence-corrected chi connectivity index (χ1v) is 10.2. The summed E-state index contributed by atoms with van der Waals surface area (Å²) in [4.78, 5) is 11.4. The fourth-order valence-electron chi connectivity index (χ4n) is 3.44. The maximum Gasteiger partial charge on any atom is 0.191 e. The second-order valence-corrected chi connectivity index (χ2v) is 6.94. The van der Waals surface area contributed by atoms with E-state index in [0.717, 1.165) is 37.9 Å². The number of nitrogens with one attached hydrogen (secondary N) is 2. The first-order valence-electron chi connectivity index (χ1n) is 10.2. The molecule has 150 valence electrons. The Balaban J connectivity index is 1.46. The van der Waals surface area contributed by atoms with Crippen LogP contribution in [0.2, 0.25) is 0 Å². The van der Waals surface area contributed by atoms with Gasteiger partial charge < -0.3 is 15.4 Å². The highest BCUT2D eigenvalue weighted by atomic mass is 16.5. The normalized spacial score (nSPS) is 17.5. The molecule has 1 aliphatic rings. The Labute approximate surface area is 168 Å². The van der Waals surface area contributed by atoms with E-state index in [-0.39, 0.29) is 0 Å². The Morgan fingerprint density at radius 1 is 1.21 bits per heavy atom. The molecule has 0 radical (unpaired) electrons. The largest absolute Gasteiger partial charge is 0.490 e. The number of guanidine groups is 1. The van der Waals surface area contributed by atoms with E-state index in [0.29, 0.717) is 19.2 Å². The Hall–Kier alpha value is -2.60. The van der Waals surface area contributed by atoms with Gasteiger partial charge in [0.1, 0.15) is 12.4 Å². The van der Waals surface area contributed by atoms with Crippen LogP contribution in [0.3, 0.4) is 0 Å². The highest BCUT2D eigenvalue weighted by Crippen LogP contribution is 2.20. The number of hydrogen-bond donors (Lipinski definition) is 2. The van der Waals surface area contributed by atoms with Gasteiger partial charge in [-0.2, -0.15) is 0 Å². The third kappa shape index (κ3) is 6.53. The predicted octanol–water partition coefficient (Wildman–Crippen LogP) is 2.68. The van der Waals surface area contributed by atoms with Gasteiger partial charge >= 0.3 is 0 Å². The molecule has 6 heteroatoms.